The van der Waals surface area contributed by atoms with E-state index in [0.717, 1.165) is 28.5 Å². The smallest absolute Gasteiger partial charge is 0.336 e. The highest BCUT2D eigenvalue weighted by atomic mass is 32.1. The van der Waals surface area contributed by atoms with Crippen molar-refractivity contribution in [2.75, 3.05) is 25.5 Å². The number of aromatic nitrogens is 1. The van der Waals surface area contributed by atoms with Crippen LogP contribution in [0.25, 0.3) is 0 Å². The number of nitro benzene ring substituents is 1. The minimum absolute atomic E-state index is 0.0234. The number of allylic oxidation sites excluding steroid dienone is 1. The van der Waals surface area contributed by atoms with Gasteiger partial charge in [-0.3, -0.25) is 14.6 Å². The van der Waals surface area contributed by atoms with Gasteiger partial charge in [0, 0.05) is 29.3 Å². The minimum atomic E-state index is -0.544. The van der Waals surface area contributed by atoms with E-state index < -0.39 is 16.8 Å². The lowest BCUT2D eigenvalue weighted by Gasteiger charge is -2.39. The van der Waals surface area contributed by atoms with Gasteiger partial charge in [-0.15, -0.1) is 0 Å². The van der Waals surface area contributed by atoms with E-state index in [-0.39, 0.29) is 18.3 Å². The number of benzene rings is 2. The Bertz CT molecular complexity index is 1320. The molecule has 3 aromatic rings. The number of fused-ring (bicyclic) bond motifs is 1. The number of nitrogens with one attached hydrogen (secondary N) is 1. The molecule has 0 fully saturated rings. The fraction of sp³-hybridized carbons (Fsp3) is 0.333. The number of esters is 1. The van der Waals surface area contributed by atoms with Crippen LogP contribution in [0.1, 0.15) is 56.5 Å². The van der Waals surface area contributed by atoms with Gasteiger partial charge in [-0.1, -0.05) is 30.3 Å². The molecular weight excluding hydrogens is 476 g/mol. The number of para-hydroxylation sites is 1. The molecule has 8 nitrogen and oxygen atoms in total. The van der Waals surface area contributed by atoms with Crippen LogP contribution in [0.15, 0.2) is 65.9 Å². The van der Waals surface area contributed by atoms with Gasteiger partial charge in [0.25, 0.3) is 5.69 Å². The normalized spacial score (nSPS) is 17.5. The van der Waals surface area contributed by atoms with Crippen molar-refractivity contribution in [3.05, 3.63) is 92.8 Å². The van der Waals surface area contributed by atoms with E-state index in [9.17, 15) is 14.9 Å². The average Bonchev–Trinajstić information content (AvgIpc) is 3.30. The average molecular weight is 508 g/mol. The van der Waals surface area contributed by atoms with Crippen LogP contribution in [0, 0.1) is 10.1 Å². The molecular formula is C27H31N4O4S+. The predicted molar refractivity (Wildman–Crippen MR) is 143 cm³/mol. The van der Waals surface area contributed by atoms with Crippen LogP contribution in [0.4, 0.5) is 16.4 Å². The molecule has 1 aliphatic rings. The number of nitro groups is 1. The molecule has 0 aliphatic carbocycles. The highest BCUT2D eigenvalue weighted by Gasteiger charge is 2.42. The summed E-state index contributed by atoms with van der Waals surface area (Å²) < 4.78 is 10.9. The SMILES string of the molecule is CCOC(=O)C1=C(C)Nc2snc([C@@H](C)[N+](C)(CC)c3ccccc3)c2C1c1cccc([N+](=O)[O-])c1. The largest absolute Gasteiger partial charge is 0.463 e. The summed E-state index contributed by atoms with van der Waals surface area (Å²) in [4.78, 5) is 24.4. The van der Waals surface area contributed by atoms with Crippen LogP contribution in [-0.4, -0.2) is 35.5 Å². The Morgan fingerprint density at radius 2 is 1.94 bits per heavy atom. The van der Waals surface area contributed by atoms with Crippen LogP contribution >= 0.6 is 11.5 Å². The monoisotopic (exact) mass is 507 g/mol. The third-order valence-corrected chi connectivity index (χ3v) is 7.99. The molecule has 2 unspecified atom stereocenters. The maximum absolute atomic E-state index is 13.2. The summed E-state index contributed by atoms with van der Waals surface area (Å²) in [6, 6.07) is 16.7. The Balaban J connectivity index is 1.92. The molecule has 36 heavy (non-hydrogen) atoms. The molecule has 0 bridgehead atoms. The second-order valence-electron chi connectivity index (χ2n) is 9.08. The predicted octanol–water partition coefficient (Wildman–Crippen LogP) is 6.16. The zero-order valence-electron chi connectivity index (χ0n) is 21.1. The number of ether oxygens (including phenoxy) is 1. The Kier molecular flexibility index (Phi) is 7.23. The van der Waals surface area contributed by atoms with E-state index in [1.807, 2.05) is 31.2 Å². The third-order valence-electron chi connectivity index (χ3n) is 7.20. The fourth-order valence-corrected chi connectivity index (χ4v) is 5.89. The van der Waals surface area contributed by atoms with Crippen LogP contribution < -0.4 is 9.80 Å². The number of carbonyl (C=O) groups is 1. The highest BCUT2D eigenvalue weighted by Crippen LogP contribution is 2.49. The van der Waals surface area contributed by atoms with Crippen molar-refractivity contribution < 1.29 is 14.5 Å². The molecule has 188 valence electrons. The van der Waals surface area contributed by atoms with Crippen molar-refractivity contribution in [3.8, 4) is 0 Å². The van der Waals surface area contributed by atoms with Crippen LogP contribution in [0.5, 0.6) is 0 Å². The van der Waals surface area contributed by atoms with Crippen LogP contribution in [0.3, 0.4) is 0 Å². The number of hydrogen-bond donors (Lipinski definition) is 1. The molecule has 0 amide bonds. The first kappa shape index (κ1) is 25.5. The number of quaternary nitrogens is 1. The van der Waals surface area contributed by atoms with Gasteiger partial charge in [0.15, 0.2) is 0 Å². The van der Waals surface area contributed by atoms with E-state index in [0.29, 0.717) is 21.3 Å². The van der Waals surface area contributed by atoms with E-state index in [1.165, 1.54) is 17.6 Å². The van der Waals surface area contributed by atoms with E-state index >= 15 is 0 Å². The number of anilines is 1. The molecule has 1 aromatic heterocycles. The molecule has 1 N–H and O–H groups in total. The molecule has 0 saturated heterocycles. The summed E-state index contributed by atoms with van der Waals surface area (Å²) >= 11 is 1.35. The van der Waals surface area contributed by atoms with E-state index in [2.05, 4.69) is 38.3 Å². The maximum atomic E-state index is 13.2. The molecule has 0 spiro atoms. The van der Waals surface area contributed by atoms with Crippen LogP contribution in [0.2, 0.25) is 0 Å². The summed E-state index contributed by atoms with van der Waals surface area (Å²) in [6.07, 6.45) is 0. The molecule has 4 rings (SSSR count). The molecule has 2 aromatic carbocycles. The number of non-ortho nitro benzene ring substituents is 1. The third kappa shape index (κ3) is 4.40. The second kappa shape index (κ2) is 10.2. The van der Waals surface area contributed by atoms with Crippen molar-refractivity contribution in [2.24, 2.45) is 0 Å². The Labute approximate surface area is 215 Å². The van der Waals surface area contributed by atoms with Crippen molar-refractivity contribution in [1.29, 1.82) is 0 Å². The zero-order chi connectivity index (χ0) is 26.0. The number of carbonyl (C=O) groups excluding carboxylic acids is 1. The second-order valence-corrected chi connectivity index (χ2v) is 9.85. The van der Waals surface area contributed by atoms with Gasteiger partial charge in [-0.25, -0.2) is 4.79 Å². The van der Waals surface area contributed by atoms with Gasteiger partial charge >= 0.3 is 5.97 Å². The zero-order valence-corrected chi connectivity index (χ0v) is 22.0. The first-order valence-electron chi connectivity index (χ1n) is 12.0. The van der Waals surface area contributed by atoms with Gasteiger partial charge in [-0.05, 0) is 56.9 Å². The molecule has 2 heterocycles. The van der Waals surface area contributed by atoms with Crippen molar-refractivity contribution in [1.82, 2.24) is 8.86 Å². The summed E-state index contributed by atoms with van der Waals surface area (Å²) in [6.45, 7) is 8.94. The number of hydrogen-bond acceptors (Lipinski definition) is 7. The fourth-order valence-electron chi connectivity index (χ4n) is 4.93. The first-order chi connectivity index (χ1) is 17.2. The van der Waals surface area contributed by atoms with Crippen molar-refractivity contribution >= 4 is 33.9 Å². The lowest BCUT2D eigenvalue weighted by molar-refractivity contribution is -0.384. The lowest BCUT2D eigenvalue weighted by Crippen LogP contribution is -2.47. The van der Waals surface area contributed by atoms with E-state index in [1.54, 1.807) is 19.1 Å². The Morgan fingerprint density at radius 3 is 2.58 bits per heavy atom. The van der Waals surface area contributed by atoms with Gasteiger partial charge in [0.2, 0.25) is 0 Å². The Hall–Kier alpha value is -3.56. The van der Waals surface area contributed by atoms with Crippen LogP contribution in [-0.2, 0) is 9.53 Å². The van der Waals surface area contributed by atoms with E-state index in [4.69, 9.17) is 9.11 Å². The summed E-state index contributed by atoms with van der Waals surface area (Å²) in [5.74, 6) is -0.984. The van der Waals surface area contributed by atoms with Crippen molar-refractivity contribution in [3.63, 3.8) is 0 Å². The molecule has 9 heteroatoms. The summed E-state index contributed by atoms with van der Waals surface area (Å²) in [5.41, 5.74) is 4.64. The molecule has 0 saturated carbocycles. The standard InChI is InChI=1S/C27H30N4O4S/c1-6-31(5,21-14-9-8-10-15-21)18(4)25-24-23(19-12-11-13-20(16-19)30(33)34)22(27(32)35-7-2)17(3)28-26(24)36-29-25/h8-16,18,23H,6-7H2,1-5H3/p+1/t18-,23?,31?/m1/s1. The van der Waals surface area contributed by atoms with Gasteiger partial charge < -0.3 is 10.1 Å². The molecule has 3 atom stereocenters. The quantitative estimate of drug-likeness (QED) is 0.170. The molecule has 1 aliphatic heterocycles. The number of nitrogens with zero attached hydrogens (tertiary/aromatic N) is 3. The maximum Gasteiger partial charge on any atom is 0.336 e. The topological polar surface area (TPSA) is 94.4 Å². The van der Waals surface area contributed by atoms with Gasteiger partial charge in [0.1, 0.15) is 22.4 Å². The van der Waals surface area contributed by atoms with Crippen molar-refractivity contribution in [2.45, 2.75) is 39.7 Å². The lowest BCUT2D eigenvalue weighted by atomic mass is 9.80. The minimum Gasteiger partial charge on any atom is -0.463 e. The summed E-state index contributed by atoms with van der Waals surface area (Å²) in [5, 5.41) is 15.8. The first-order valence-corrected chi connectivity index (χ1v) is 12.8. The number of rotatable bonds is 8. The Morgan fingerprint density at radius 1 is 1.22 bits per heavy atom. The summed E-state index contributed by atoms with van der Waals surface area (Å²) in [7, 11) is 2.18. The van der Waals surface area contributed by atoms with Gasteiger partial charge in [0.05, 0.1) is 30.7 Å². The van der Waals surface area contributed by atoms with Gasteiger partial charge in [-0.2, -0.15) is 4.37 Å². The highest BCUT2D eigenvalue weighted by molar-refractivity contribution is 7.10. The molecule has 0 radical (unpaired) electrons.